The molecule has 20 heavy (non-hydrogen) atoms. The van der Waals surface area contributed by atoms with Crippen LogP contribution in [0.3, 0.4) is 0 Å². The van der Waals surface area contributed by atoms with Crippen LogP contribution in [0.2, 0.25) is 5.15 Å². The van der Waals surface area contributed by atoms with E-state index in [1.165, 1.54) is 11.8 Å². The number of halogens is 1. The molecule has 0 aliphatic carbocycles. The molecule has 104 valence electrons. The summed E-state index contributed by atoms with van der Waals surface area (Å²) < 4.78 is 0. The molecule has 0 fully saturated rings. The van der Waals surface area contributed by atoms with E-state index in [9.17, 15) is 4.79 Å². The first-order chi connectivity index (χ1) is 9.62. The minimum atomic E-state index is -0.140. The second-order valence-corrected chi connectivity index (χ2v) is 5.01. The minimum Gasteiger partial charge on any atom is -0.355 e. The smallest absolute Gasteiger partial charge is 0.251 e. The first-order valence-electron chi connectivity index (χ1n) is 5.80. The van der Waals surface area contributed by atoms with Crippen LogP contribution in [0, 0.1) is 0 Å². The number of hydrogen-bond donors (Lipinski definition) is 2. The largest absolute Gasteiger partial charge is 0.355 e. The van der Waals surface area contributed by atoms with Gasteiger partial charge in [-0.05, 0) is 24.5 Å². The van der Waals surface area contributed by atoms with Gasteiger partial charge in [-0.25, -0.2) is 9.97 Å². The van der Waals surface area contributed by atoms with Crippen LogP contribution in [0.25, 0.3) is 0 Å². The molecule has 1 aromatic carbocycles. The maximum Gasteiger partial charge on any atom is 0.251 e. The monoisotopic (exact) mass is 308 g/mol. The molecule has 0 unspecified atom stereocenters. The molecule has 0 bridgehead atoms. The van der Waals surface area contributed by atoms with Gasteiger partial charge in [0.25, 0.3) is 5.91 Å². The number of carbonyl (C=O) groups is 1. The zero-order valence-electron chi connectivity index (χ0n) is 11.0. The summed E-state index contributed by atoms with van der Waals surface area (Å²) in [4.78, 5) is 19.9. The van der Waals surface area contributed by atoms with Gasteiger partial charge in [0.2, 0.25) is 0 Å². The summed E-state index contributed by atoms with van der Waals surface area (Å²) in [7, 11) is 1.59. The van der Waals surface area contributed by atoms with Crippen molar-refractivity contribution < 1.29 is 4.79 Å². The van der Waals surface area contributed by atoms with Crippen molar-refractivity contribution in [2.45, 2.75) is 5.16 Å². The molecule has 0 saturated carbocycles. The van der Waals surface area contributed by atoms with Gasteiger partial charge in [0, 0.05) is 24.4 Å². The summed E-state index contributed by atoms with van der Waals surface area (Å²) >= 11 is 7.34. The molecule has 2 N–H and O–H groups in total. The highest BCUT2D eigenvalue weighted by Crippen LogP contribution is 2.21. The standard InChI is InChI=1S/C13H13ClN4OS/c1-15-12(19)8-4-3-5-9(6-8)16-11-7-10(14)17-13(18-11)20-2/h3-7H,1-2H3,(H,15,19)(H,16,17,18). The van der Waals surface area contributed by atoms with Gasteiger partial charge in [-0.2, -0.15) is 0 Å². The van der Waals surface area contributed by atoms with Crippen molar-refractivity contribution in [2.24, 2.45) is 0 Å². The molecule has 0 aliphatic heterocycles. The van der Waals surface area contributed by atoms with Crippen molar-refractivity contribution in [2.75, 3.05) is 18.6 Å². The molecule has 0 aliphatic rings. The Bertz CT molecular complexity index is 636. The summed E-state index contributed by atoms with van der Waals surface area (Å²) in [6, 6.07) is 8.76. The second-order valence-electron chi connectivity index (χ2n) is 3.85. The Balaban J connectivity index is 2.26. The number of thioether (sulfide) groups is 1. The molecule has 1 aromatic heterocycles. The fourth-order valence-electron chi connectivity index (χ4n) is 1.58. The normalized spacial score (nSPS) is 10.2. The van der Waals surface area contributed by atoms with E-state index in [0.717, 1.165) is 5.69 Å². The predicted molar refractivity (Wildman–Crippen MR) is 81.9 cm³/mol. The van der Waals surface area contributed by atoms with Crippen LogP contribution in [0.15, 0.2) is 35.5 Å². The Morgan fingerprint density at radius 1 is 1.30 bits per heavy atom. The van der Waals surface area contributed by atoms with Crippen LogP contribution >= 0.6 is 23.4 Å². The van der Waals surface area contributed by atoms with Crippen LogP contribution in [-0.4, -0.2) is 29.2 Å². The molecule has 7 heteroatoms. The van der Waals surface area contributed by atoms with Crippen molar-refractivity contribution in [1.82, 2.24) is 15.3 Å². The highest BCUT2D eigenvalue weighted by Gasteiger charge is 2.06. The van der Waals surface area contributed by atoms with Crippen LogP contribution in [0.5, 0.6) is 0 Å². The van der Waals surface area contributed by atoms with Crippen molar-refractivity contribution in [3.8, 4) is 0 Å². The summed E-state index contributed by atoms with van der Waals surface area (Å²) in [5.41, 5.74) is 1.33. The molecular weight excluding hydrogens is 296 g/mol. The van der Waals surface area contributed by atoms with Crippen LogP contribution in [-0.2, 0) is 0 Å². The van der Waals surface area contributed by atoms with E-state index < -0.39 is 0 Å². The third kappa shape index (κ3) is 3.61. The lowest BCUT2D eigenvalue weighted by Gasteiger charge is -2.08. The molecular formula is C13H13ClN4OS. The van der Waals surface area contributed by atoms with Gasteiger partial charge < -0.3 is 10.6 Å². The number of carbonyl (C=O) groups excluding carboxylic acids is 1. The highest BCUT2D eigenvalue weighted by atomic mass is 35.5. The number of nitrogens with one attached hydrogen (secondary N) is 2. The lowest BCUT2D eigenvalue weighted by atomic mass is 10.2. The molecule has 0 saturated heterocycles. The van der Waals surface area contributed by atoms with Gasteiger partial charge in [0.05, 0.1) is 0 Å². The Kier molecular flexibility index (Phi) is 4.81. The van der Waals surface area contributed by atoms with E-state index in [0.29, 0.717) is 21.7 Å². The second kappa shape index (κ2) is 6.58. The zero-order chi connectivity index (χ0) is 14.5. The number of nitrogens with zero attached hydrogens (tertiary/aromatic N) is 2. The predicted octanol–water partition coefficient (Wildman–Crippen LogP) is 2.96. The zero-order valence-corrected chi connectivity index (χ0v) is 12.5. The van der Waals surface area contributed by atoms with Gasteiger partial charge in [-0.3, -0.25) is 4.79 Å². The van der Waals surface area contributed by atoms with Crippen molar-refractivity contribution in [3.05, 3.63) is 41.0 Å². The Morgan fingerprint density at radius 2 is 2.10 bits per heavy atom. The fraction of sp³-hybridized carbons (Fsp3) is 0.154. The first kappa shape index (κ1) is 14.6. The number of aromatic nitrogens is 2. The number of anilines is 2. The highest BCUT2D eigenvalue weighted by molar-refractivity contribution is 7.98. The summed E-state index contributed by atoms with van der Waals surface area (Å²) in [5, 5.41) is 6.65. The first-order valence-corrected chi connectivity index (χ1v) is 7.40. The molecule has 0 atom stereocenters. The van der Waals surface area contributed by atoms with Crippen molar-refractivity contribution in [3.63, 3.8) is 0 Å². The van der Waals surface area contributed by atoms with E-state index in [1.807, 2.05) is 12.3 Å². The van der Waals surface area contributed by atoms with E-state index in [2.05, 4.69) is 20.6 Å². The Labute approximate surface area is 126 Å². The minimum absolute atomic E-state index is 0.140. The fourth-order valence-corrected chi connectivity index (χ4v) is 2.20. The number of rotatable bonds is 4. The van der Waals surface area contributed by atoms with E-state index >= 15 is 0 Å². The van der Waals surface area contributed by atoms with Gasteiger partial charge in [-0.15, -0.1) is 0 Å². The Morgan fingerprint density at radius 3 is 2.80 bits per heavy atom. The topological polar surface area (TPSA) is 66.9 Å². The average molecular weight is 309 g/mol. The molecule has 1 heterocycles. The molecule has 0 radical (unpaired) electrons. The molecule has 0 spiro atoms. The maximum atomic E-state index is 11.6. The Hall–Kier alpha value is -1.79. The molecule has 5 nitrogen and oxygen atoms in total. The third-order valence-electron chi connectivity index (χ3n) is 2.48. The number of benzene rings is 1. The van der Waals surface area contributed by atoms with E-state index in [-0.39, 0.29) is 5.91 Å². The maximum absolute atomic E-state index is 11.6. The van der Waals surface area contributed by atoms with Crippen molar-refractivity contribution in [1.29, 1.82) is 0 Å². The van der Waals surface area contributed by atoms with Crippen LogP contribution in [0.4, 0.5) is 11.5 Å². The SMILES string of the molecule is CNC(=O)c1cccc(Nc2cc(Cl)nc(SC)n2)c1. The lowest BCUT2D eigenvalue weighted by molar-refractivity contribution is 0.0963. The van der Waals surface area contributed by atoms with Crippen molar-refractivity contribution >= 4 is 40.8 Å². The lowest BCUT2D eigenvalue weighted by Crippen LogP contribution is -2.17. The van der Waals surface area contributed by atoms with Crippen LogP contribution in [0.1, 0.15) is 10.4 Å². The molecule has 1 amide bonds. The molecule has 2 aromatic rings. The summed E-state index contributed by atoms with van der Waals surface area (Å²) in [6.07, 6.45) is 1.88. The third-order valence-corrected chi connectivity index (χ3v) is 3.22. The van der Waals surface area contributed by atoms with E-state index in [4.69, 9.17) is 11.6 Å². The van der Waals surface area contributed by atoms with Gasteiger partial charge >= 0.3 is 0 Å². The molecule has 2 rings (SSSR count). The van der Waals surface area contributed by atoms with Gasteiger partial charge in [0.15, 0.2) is 5.16 Å². The van der Waals surface area contributed by atoms with Gasteiger partial charge in [0.1, 0.15) is 11.0 Å². The van der Waals surface area contributed by atoms with Crippen LogP contribution < -0.4 is 10.6 Å². The van der Waals surface area contributed by atoms with E-state index in [1.54, 1.807) is 31.3 Å². The average Bonchev–Trinajstić information content (AvgIpc) is 2.46. The summed E-state index contributed by atoms with van der Waals surface area (Å²) in [5.74, 6) is 0.447. The quantitative estimate of drug-likeness (QED) is 0.516. The number of amides is 1. The number of hydrogen-bond acceptors (Lipinski definition) is 5. The summed E-state index contributed by atoms with van der Waals surface area (Å²) in [6.45, 7) is 0. The van der Waals surface area contributed by atoms with Gasteiger partial charge in [-0.1, -0.05) is 29.4 Å².